The molecule has 1 N–H and O–H groups in total. The summed E-state index contributed by atoms with van der Waals surface area (Å²) < 4.78 is 25.4. The zero-order valence-corrected chi connectivity index (χ0v) is 19.9. The Morgan fingerprint density at radius 2 is 1.81 bits per heavy atom. The number of piperazine rings is 1. The van der Waals surface area contributed by atoms with Crippen LogP contribution in [0.4, 0.5) is 0 Å². The van der Waals surface area contributed by atoms with Crippen LogP contribution in [0.3, 0.4) is 0 Å². The lowest BCUT2D eigenvalue weighted by Gasteiger charge is -2.31. The molecule has 0 spiro atoms. The first-order chi connectivity index (χ1) is 14.3. The molecule has 0 atom stereocenters. The summed E-state index contributed by atoms with van der Waals surface area (Å²) in [5.74, 6) is 1.27. The standard InChI is InChI=1S/C20H25ClN6O2S.ClH/c1-14-22-17(7-12-30(28,29)13-27-10-8-26(2)9-11-27)18-20(23-14)25-19(24-18)15-5-3-4-6-16(15)21;/h3-6H,7-13H2,1-2H3,(H,22,23,24,25);1H. The second-order valence-electron chi connectivity index (χ2n) is 7.73. The summed E-state index contributed by atoms with van der Waals surface area (Å²) in [5.41, 5.74) is 2.60. The summed E-state index contributed by atoms with van der Waals surface area (Å²) in [5, 5.41) is 0.581. The van der Waals surface area contributed by atoms with Gasteiger partial charge in [0.05, 0.1) is 16.5 Å². The van der Waals surface area contributed by atoms with Crippen LogP contribution in [0, 0.1) is 6.92 Å². The maximum atomic E-state index is 12.7. The van der Waals surface area contributed by atoms with Gasteiger partial charge in [-0.25, -0.2) is 23.4 Å². The predicted octanol–water partition coefficient (Wildman–Crippen LogP) is 2.57. The van der Waals surface area contributed by atoms with Crippen molar-refractivity contribution >= 4 is 45.0 Å². The number of imidazole rings is 1. The zero-order valence-electron chi connectivity index (χ0n) is 17.5. The largest absolute Gasteiger partial charge is 0.335 e. The van der Waals surface area contributed by atoms with Crippen molar-refractivity contribution in [1.82, 2.24) is 29.7 Å². The Bertz CT molecular complexity index is 1160. The molecule has 3 heterocycles. The fourth-order valence-electron chi connectivity index (χ4n) is 3.61. The van der Waals surface area contributed by atoms with E-state index in [-0.39, 0.29) is 24.0 Å². The Balaban J connectivity index is 0.00000272. The second-order valence-corrected chi connectivity index (χ2v) is 10.3. The minimum Gasteiger partial charge on any atom is -0.335 e. The average Bonchev–Trinajstić information content (AvgIpc) is 3.12. The van der Waals surface area contributed by atoms with Gasteiger partial charge in [0.1, 0.15) is 23.0 Å². The summed E-state index contributed by atoms with van der Waals surface area (Å²) in [6.45, 7) is 5.11. The number of rotatable bonds is 6. The first-order valence-electron chi connectivity index (χ1n) is 9.90. The quantitative estimate of drug-likeness (QED) is 0.574. The summed E-state index contributed by atoms with van der Waals surface area (Å²) in [7, 11) is -1.19. The van der Waals surface area contributed by atoms with Gasteiger partial charge in [-0.2, -0.15) is 0 Å². The number of aryl methyl sites for hydroxylation is 2. The average molecular weight is 485 g/mol. The van der Waals surface area contributed by atoms with E-state index in [2.05, 4.69) is 31.9 Å². The molecule has 1 fully saturated rings. The lowest BCUT2D eigenvalue weighted by molar-refractivity contribution is 0.172. The summed E-state index contributed by atoms with van der Waals surface area (Å²) in [4.78, 5) is 20.9. The number of hydrogen-bond donors (Lipinski definition) is 1. The van der Waals surface area contributed by atoms with E-state index < -0.39 is 9.84 Å². The summed E-state index contributed by atoms with van der Waals surface area (Å²) in [6.07, 6.45) is 0.306. The minimum absolute atomic E-state index is 0. The van der Waals surface area contributed by atoms with E-state index in [1.807, 2.05) is 23.1 Å². The van der Waals surface area contributed by atoms with Crippen molar-refractivity contribution in [1.29, 1.82) is 0 Å². The van der Waals surface area contributed by atoms with Gasteiger partial charge in [-0.1, -0.05) is 23.7 Å². The molecule has 168 valence electrons. The molecule has 1 aromatic carbocycles. The third kappa shape index (κ3) is 5.72. The van der Waals surface area contributed by atoms with Crippen LogP contribution >= 0.6 is 24.0 Å². The highest BCUT2D eigenvalue weighted by molar-refractivity contribution is 7.91. The molecule has 11 heteroatoms. The van der Waals surface area contributed by atoms with E-state index in [0.29, 0.717) is 40.0 Å². The third-order valence-corrected chi connectivity index (χ3v) is 7.21. The Morgan fingerprint density at radius 3 is 2.52 bits per heavy atom. The van der Waals surface area contributed by atoms with Crippen LogP contribution in [0.1, 0.15) is 11.5 Å². The number of nitrogens with zero attached hydrogens (tertiary/aromatic N) is 5. The molecular weight excluding hydrogens is 459 g/mol. The van der Waals surface area contributed by atoms with Gasteiger partial charge in [0.15, 0.2) is 15.5 Å². The van der Waals surface area contributed by atoms with Gasteiger partial charge in [0, 0.05) is 38.2 Å². The Morgan fingerprint density at radius 1 is 1.10 bits per heavy atom. The van der Waals surface area contributed by atoms with Crippen LogP contribution in [-0.2, 0) is 16.3 Å². The van der Waals surface area contributed by atoms with Gasteiger partial charge in [-0.3, -0.25) is 4.90 Å². The van der Waals surface area contributed by atoms with Crippen molar-refractivity contribution in [3.05, 3.63) is 40.8 Å². The lowest BCUT2D eigenvalue weighted by Crippen LogP contribution is -2.46. The fourth-order valence-corrected chi connectivity index (χ4v) is 5.28. The van der Waals surface area contributed by atoms with E-state index in [9.17, 15) is 8.42 Å². The molecule has 0 amide bonds. The number of benzene rings is 1. The van der Waals surface area contributed by atoms with Crippen molar-refractivity contribution < 1.29 is 8.42 Å². The van der Waals surface area contributed by atoms with Crippen molar-refractivity contribution in [2.24, 2.45) is 0 Å². The maximum absolute atomic E-state index is 12.7. The molecule has 31 heavy (non-hydrogen) atoms. The number of aromatic amines is 1. The van der Waals surface area contributed by atoms with Crippen LogP contribution in [-0.4, -0.2) is 83.0 Å². The van der Waals surface area contributed by atoms with Crippen LogP contribution in [0.15, 0.2) is 24.3 Å². The molecule has 8 nitrogen and oxygen atoms in total. The number of H-pyrrole nitrogens is 1. The van der Waals surface area contributed by atoms with Gasteiger partial charge in [-0.15, -0.1) is 12.4 Å². The highest BCUT2D eigenvalue weighted by atomic mass is 35.5. The van der Waals surface area contributed by atoms with Gasteiger partial charge in [0.2, 0.25) is 0 Å². The first-order valence-corrected chi connectivity index (χ1v) is 12.1. The van der Waals surface area contributed by atoms with E-state index >= 15 is 0 Å². The van der Waals surface area contributed by atoms with Crippen LogP contribution in [0.5, 0.6) is 0 Å². The number of nitrogens with one attached hydrogen (secondary N) is 1. The minimum atomic E-state index is -3.24. The zero-order chi connectivity index (χ0) is 21.3. The smallest absolute Gasteiger partial charge is 0.181 e. The van der Waals surface area contributed by atoms with E-state index in [1.54, 1.807) is 13.0 Å². The van der Waals surface area contributed by atoms with Crippen molar-refractivity contribution in [2.45, 2.75) is 13.3 Å². The molecule has 0 bridgehead atoms. The number of aromatic nitrogens is 4. The second kappa shape index (κ2) is 9.79. The highest BCUT2D eigenvalue weighted by Crippen LogP contribution is 2.27. The molecular formula is C20H26Cl2N6O2S. The highest BCUT2D eigenvalue weighted by Gasteiger charge is 2.22. The SMILES string of the molecule is Cc1nc(CCS(=O)(=O)CN2CCN(C)CC2)c2[nH]c(-c3ccccc3Cl)nc2n1.Cl. The molecule has 1 aliphatic rings. The molecule has 0 radical (unpaired) electrons. The predicted molar refractivity (Wildman–Crippen MR) is 126 cm³/mol. The molecule has 1 aliphatic heterocycles. The van der Waals surface area contributed by atoms with Gasteiger partial charge < -0.3 is 9.88 Å². The van der Waals surface area contributed by atoms with Crippen molar-refractivity contribution in [2.75, 3.05) is 44.9 Å². The molecule has 3 aromatic rings. The van der Waals surface area contributed by atoms with Crippen molar-refractivity contribution in [3.8, 4) is 11.4 Å². The number of halogens is 2. The molecule has 4 rings (SSSR count). The Kier molecular flexibility index (Phi) is 7.54. The number of fused-ring (bicyclic) bond motifs is 1. The first kappa shape index (κ1) is 23.9. The van der Waals surface area contributed by atoms with Gasteiger partial charge >= 0.3 is 0 Å². The fraction of sp³-hybridized carbons (Fsp3) is 0.450. The number of sulfone groups is 1. The van der Waals surface area contributed by atoms with Crippen LogP contribution < -0.4 is 0 Å². The third-order valence-electron chi connectivity index (χ3n) is 5.29. The normalized spacial score (nSPS) is 15.8. The maximum Gasteiger partial charge on any atom is 0.181 e. The van der Waals surface area contributed by atoms with Gasteiger partial charge in [0.25, 0.3) is 0 Å². The Hall–Kier alpha value is -1.78. The van der Waals surface area contributed by atoms with Gasteiger partial charge in [-0.05, 0) is 26.1 Å². The topological polar surface area (TPSA) is 95.1 Å². The molecule has 1 saturated heterocycles. The van der Waals surface area contributed by atoms with Crippen LogP contribution in [0.25, 0.3) is 22.6 Å². The monoisotopic (exact) mass is 484 g/mol. The molecule has 0 aliphatic carbocycles. The van der Waals surface area contributed by atoms with Crippen molar-refractivity contribution in [3.63, 3.8) is 0 Å². The Labute approximate surface area is 193 Å². The van der Waals surface area contributed by atoms with Crippen LogP contribution in [0.2, 0.25) is 5.02 Å². The van der Waals surface area contributed by atoms with E-state index in [4.69, 9.17) is 11.6 Å². The van der Waals surface area contributed by atoms with E-state index in [1.165, 1.54) is 0 Å². The molecule has 0 unspecified atom stereocenters. The molecule has 0 saturated carbocycles. The summed E-state index contributed by atoms with van der Waals surface area (Å²) in [6, 6.07) is 7.42. The summed E-state index contributed by atoms with van der Waals surface area (Å²) >= 11 is 6.30. The van der Waals surface area contributed by atoms with E-state index in [0.717, 1.165) is 31.7 Å². The molecule has 2 aromatic heterocycles. The number of hydrogen-bond acceptors (Lipinski definition) is 7. The lowest BCUT2D eigenvalue weighted by atomic mass is 10.2. The number of likely N-dealkylation sites (N-methyl/N-ethyl adjacent to an activating group) is 1.